The molecule has 0 bridgehead atoms. The molecule has 1 aliphatic heterocycles. The lowest BCUT2D eigenvalue weighted by Crippen LogP contribution is -2.35. The van der Waals surface area contributed by atoms with Crippen LogP contribution in [0, 0.1) is 0 Å². The summed E-state index contributed by atoms with van der Waals surface area (Å²) in [6.07, 6.45) is 2.26. The Morgan fingerprint density at radius 2 is 2.38 bits per heavy atom. The molecule has 1 fully saturated rings. The minimum absolute atomic E-state index is 0.0987. The molecule has 3 nitrogen and oxygen atoms in total. The van der Waals surface area contributed by atoms with Gasteiger partial charge < -0.3 is 5.32 Å². The summed E-state index contributed by atoms with van der Waals surface area (Å²) in [6.45, 7) is 0. The number of hydrogen-bond donors (Lipinski definition) is 1. The van der Waals surface area contributed by atoms with Gasteiger partial charge in [0, 0.05) is 11.8 Å². The van der Waals surface area contributed by atoms with Crippen LogP contribution in [-0.2, 0) is 4.79 Å². The zero-order valence-corrected chi connectivity index (χ0v) is 10.3. The van der Waals surface area contributed by atoms with E-state index in [1.165, 1.54) is 4.88 Å². The van der Waals surface area contributed by atoms with E-state index in [1.807, 2.05) is 11.4 Å². The number of carbonyl (C=O) groups is 1. The quantitative estimate of drug-likeness (QED) is 0.892. The fourth-order valence-corrected chi connectivity index (χ4v) is 3.46. The highest BCUT2D eigenvalue weighted by molar-refractivity contribution is 8.15. The third-order valence-corrected chi connectivity index (χ3v) is 4.70. The van der Waals surface area contributed by atoms with Crippen LogP contribution in [0.15, 0.2) is 22.5 Å². The van der Waals surface area contributed by atoms with Gasteiger partial charge in [0.05, 0.1) is 4.88 Å². The largest absolute Gasteiger partial charge is 0.351 e. The Kier molecular flexibility index (Phi) is 2.73. The Morgan fingerprint density at radius 1 is 1.50 bits per heavy atom. The number of thiophene rings is 1. The number of aliphatic imine (C=N–C) groups is 1. The van der Waals surface area contributed by atoms with E-state index in [2.05, 4.69) is 16.4 Å². The maximum absolute atomic E-state index is 11.8. The minimum Gasteiger partial charge on any atom is -0.351 e. The lowest BCUT2D eigenvalue weighted by atomic mass is 10.3. The Balaban J connectivity index is 1.68. The van der Waals surface area contributed by atoms with E-state index in [9.17, 15) is 4.79 Å². The first kappa shape index (κ1) is 10.4. The SMILES string of the molecule is O=C(NC1CC1)C1CSC(c2cccs2)=N1. The summed E-state index contributed by atoms with van der Waals surface area (Å²) in [5.41, 5.74) is 0. The fraction of sp³-hybridized carbons (Fsp3) is 0.455. The highest BCUT2D eigenvalue weighted by Gasteiger charge is 2.30. The number of nitrogens with one attached hydrogen (secondary N) is 1. The lowest BCUT2D eigenvalue weighted by Gasteiger charge is -2.05. The molecule has 1 unspecified atom stereocenters. The molecule has 2 aliphatic rings. The van der Waals surface area contributed by atoms with Crippen molar-refractivity contribution in [2.24, 2.45) is 4.99 Å². The van der Waals surface area contributed by atoms with Gasteiger partial charge in [-0.1, -0.05) is 6.07 Å². The van der Waals surface area contributed by atoms with Crippen molar-refractivity contribution in [2.75, 3.05) is 5.75 Å². The standard InChI is InChI=1S/C11H12N2OS2/c14-10(12-7-3-4-7)8-6-16-11(13-8)9-2-1-5-15-9/h1-2,5,7-8H,3-4,6H2,(H,12,14). The molecule has 1 aromatic rings. The summed E-state index contributed by atoms with van der Waals surface area (Å²) in [6, 6.07) is 4.32. The predicted octanol–water partition coefficient (Wildman–Crippen LogP) is 1.89. The predicted molar refractivity (Wildman–Crippen MR) is 68.3 cm³/mol. The normalized spacial score (nSPS) is 24.2. The second-order valence-corrected chi connectivity index (χ2v) is 5.98. The van der Waals surface area contributed by atoms with Gasteiger partial charge in [-0.15, -0.1) is 23.1 Å². The summed E-state index contributed by atoms with van der Waals surface area (Å²) in [7, 11) is 0. The molecule has 1 saturated carbocycles. The average molecular weight is 252 g/mol. The van der Waals surface area contributed by atoms with E-state index in [0.717, 1.165) is 23.6 Å². The molecular formula is C11H12N2OS2. The van der Waals surface area contributed by atoms with Gasteiger partial charge >= 0.3 is 0 Å². The van der Waals surface area contributed by atoms with Crippen LogP contribution in [0.4, 0.5) is 0 Å². The van der Waals surface area contributed by atoms with Gasteiger partial charge in [0.15, 0.2) is 0 Å². The zero-order chi connectivity index (χ0) is 11.0. The summed E-state index contributed by atoms with van der Waals surface area (Å²) >= 11 is 3.36. The molecule has 1 aliphatic carbocycles. The van der Waals surface area contributed by atoms with Crippen molar-refractivity contribution in [3.8, 4) is 0 Å². The smallest absolute Gasteiger partial charge is 0.245 e. The van der Waals surface area contributed by atoms with E-state index >= 15 is 0 Å². The summed E-state index contributed by atoms with van der Waals surface area (Å²) in [4.78, 5) is 17.4. The highest BCUT2D eigenvalue weighted by atomic mass is 32.2. The molecule has 2 heterocycles. The van der Waals surface area contributed by atoms with Gasteiger partial charge in [0.2, 0.25) is 5.91 Å². The molecule has 0 saturated heterocycles. The molecule has 1 amide bonds. The van der Waals surface area contributed by atoms with Crippen LogP contribution in [0.5, 0.6) is 0 Å². The number of rotatable bonds is 3. The third kappa shape index (κ3) is 2.15. The zero-order valence-electron chi connectivity index (χ0n) is 8.68. The van der Waals surface area contributed by atoms with Crippen molar-refractivity contribution >= 4 is 34.0 Å². The van der Waals surface area contributed by atoms with Gasteiger partial charge in [0.1, 0.15) is 11.1 Å². The van der Waals surface area contributed by atoms with Gasteiger partial charge in [0.25, 0.3) is 0 Å². The first-order valence-electron chi connectivity index (χ1n) is 5.38. The average Bonchev–Trinajstić information content (AvgIpc) is 2.84. The van der Waals surface area contributed by atoms with Crippen molar-refractivity contribution in [3.05, 3.63) is 22.4 Å². The van der Waals surface area contributed by atoms with E-state index < -0.39 is 0 Å². The molecule has 5 heteroatoms. The molecule has 0 aromatic carbocycles. The Hall–Kier alpha value is -0.810. The van der Waals surface area contributed by atoms with Gasteiger partial charge in [-0.2, -0.15) is 0 Å². The van der Waals surface area contributed by atoms with E-state index in [4.69, 9.17) is 0 Å². The van der Waals surface area contributed by atoms with Gasteiger partial charge in [-0.05, 0) is 24.3 Å². The highest BCUT2D eigenvalue weighted by Crippen LogP contribution is 2.27. The van der Waals surface area contributed by atoms with Crippen molar-refractivity contribution in [3.63, 3.8) is 0 Å². The van der Waals surface area contributed by atoms with Crippen molar-refractivity contribution in [2.45, 2.75) is 24.9 Å². The lowest BCUT2D eigenvalue weighted by molar-refractivity contribution is -0.121. The van der Waals surface area contributed by atoms with Crippen LogP contribution in [0.1, 0.15) is 17.7 Å². The minimum atomic E-state index is -0.178. The molecule has 0 spiro atoms. The van der Waals surface area contributed by atoms with Crippen LogP contribution < -0.4 is 5.32 Å². The maximum atomic E-state index is 11.8. The number of thioether (sulfide) groups is 1. The molecule has 0 radical (unpaired) electrons. The monoisotopic (exact) mass is 252 g/mol. The molecule has 84 valence electrons. The summed E-state index contributed by atoms with van der Waals surface area (Å²) in [5, 5.41) is 6.06. The Labute approximate surface area is 102 Å². The number of hydrogen-bond acceptors (Lipinski definition) is 4. The number of carbonyl (C=O) groups excluding carboxylic acids is 1. The van der Waals surface area contributed by atoms with Crippen LogP contribution in [0.2, 0.25) is 0 Å². The molecule has 16 heavy (non-hydrogen) atoms. The van der Waals surface area contributed by atoms with E-state index in [-0.39, 0.29) is 11.9 Å². The van der Waals surface area contributed by atoms with Crippen LogP contribution >= 0.6 is 23.1 Å². The third-order valence-electron chi connectivity index (χ3n) is 2.61. The van der Waals surface area contributed by atoms with E-state index in [0.29, 0.717) is 6.04 Å². The maximum Gasteiger partial charge on any atom is 0.245 e. The Bertz CT molecular complexity index is 423. The van der Waals surface area contributed by atoms with Gasteiger partial charge in [-0.25, -0.2) is 0 Å². The fourth-order valence-electron chi connectivity index (χ4n) is 1.57. The summed E-state index contributed by atoms with van der Waals surface area (Å²) < 4.78 is 0. The number of amides is 1. The summed E-state index contributed by atoms with van der Waals surface area (Å²) in [5.74, 6) is 0.882. The molecule has 1 atom stereocenters. The first-order chi connectivity index (χ1) is 7.83. The molecule has 3 rings (SSSR count). The van der Waals surface area contributed by atoms with Crippen molar-refractivity contribution in [1.29, 1.82) is 0 Å². The topological polar surface area (TPSA) is 41.5 Å². The Morgan fingerprint density at radius 3 is 3.06 bits per heavy atom. The molecule has 1 N–H and O–H groups in total. The molecular weight excluding hydrogens is 240 g/mol. The van der Waals surface area contributed by atoms with E-state index in [1.54, 1.807) is 23.1 Å². The number of nitrogens with zero attached hydrogens (tertiary/aromatic N) is 1. The van der Waals surface area contributed by atoms with Crippen LogP contribution in [-0.4, -0.2) is 28.8 Å². The first-order valence-corrected chi connectivity index (χ1v) is 7.24. The van der Waals surface area contributed by atoms with Crippen LogP contribution in [0.25, 0.3) is 0 Å². The van der Waals surface area contributed by atoms with Crippen LogP contribution in [0.3, 0.4) is 0 Å². The molecule has 1 aromatic heterocycles. The second-order valence-electron chi connectivity index (χ2n) is 4.02. The van der Waals surface area contributed by atoms with Crippen molar-refractivity contribution in [1.82, 2.24) is 5.32 Å². The van der Waals surface area contributed by atoms with Crippen molar-refractivity contribution < 1.29 is 4.79 Å². The van der Waals surface area contributed by atoms with Gasteiger partial charge in [-0.3, -0.25) is 9.79 Å². The second kappa shape index (κ2) is 4.22.